The summed E-state index contributed by atoms with van der Waals surface area (Å²) in [4.78, 5) is 0. The Morgan fingerprint density at radius 1 is 1.42 bits per heavy atom. The quantitative estimate of drug-likeness (QED) is 0.708. The van der Waals surface area contributed by atoms with E-state index < -0.39 is 0 Å². The van der Waals surface area contributed by atoms with Crippen molar-refractivity contribution in [2.45, 2.75) is 6.42 Å². The second-order valence-electron chi connectivity index (χ2n) is 2.17. The van der Waals surface area contributed by atoms with Crippen molar-refractivity contribution in [1.29, 1.82) is 5.26 Å². The van der Waals surface area contributed by atoms with Crippen molar-refractivity contribution >= 4 is 39.1 Å². The van der Waals surface area contributed by atoms with Crippen molar-refractivity contribution in [2.24, 2.45) is 0 Å². The monoisotopic (exact) mass is 263 g/mol. The molecular weight excluding hydrogens is 261 g/mol. The van der Waals surface area contributed by atoms with E-state index in [2.05, 4.69) is 15.9 Å². The number of nitrogens with zero attached hydrogens (tertiary/aromatic N) is 1. The van der Waals surface area contributed by atoms with E-state index in [-0.39, 0.29) is 0 Å². The molecule has 0 heterocycles. The van der Waals surface area contributed by atoms with E-state index in [0.29, 0.717) is 20.9 Å². The fourth-order valence-corrected chi connectivity index (χ4v) is 1.61. The number of hydrogen-bond acceptors (Lipinski definition) is 1. The van der Waals surface area contributed by atoms with Crippen LogP contribution in [-0.2, 0) is 6.42 Å². The highest BCUT2D eigenvalue weighted by Crippen LogP contribution is 2.32. The van der Waals surface area contributed by atoms with Crippen molar-refractivity contribution in [3.05, 3.63) is 32.2 Å². The van der Waals surface area contributed by atoms with Crippen molar-refractivity contribution in [3.63, 3.8) is 0 Å². The third kappa shape index (κ3) is 1.92. The first kappa shape index (κ1) is 9.85. The minimum atomic E-state index is 0.300. The van der Waals surface area contributed by atoms with Gasteiger partial charge >= 0.3 is 0 Å². The maximum Gasteiger partial charge on any atom is 0.0670 e. The first-order valence-electron chi connectivity index (χ1n) is 3.16. The summed E-state index contributed by atoms with van der Waals surface area (Å²) in [5.74, 6) is 0. The highest BCUT2D eigenvalue weighted by molar-refractivity contribution is 9.10. The Morgan fingerprint density at radius 3 is 2.67 bits per heavy atom. The minimum absolute atomic E-state index is 0.300. The number of benzene rings is 1. The molecule has 1 rings (SSSR count). The standard InChI is InChI=1S/C8H4BrCl2N/c9-7-6(10)2-1-5(3-4-12)8(7)11/h1-2H,3H2. The SMILES string of the molecule is N#CCc1ccc(Cl)c(Br)c1Cl. The molecule has 0 unspecified atom stereocenters. The van der Waals surface area contributed by atoms with E-state index in [4.69, 9.17) is 28.5 Å². The topological polar surface area (TPSA) is 23.8 Å². The third-order valence-corrected chi connectivity index (χ3v) is 3.41. The first-order chi connectivity index (χ1) is 5.66. The summed E-state index contributed by atoms with van der Waals surface area (Å²) in [5, 5.41) is 9.52. The Bertz CT molecular complexity index is 344. The Kier molecular flexibility index (Phi) is 3.39. The van der Waals surface area contributed by atoms with Gasteiger partial charge in [-0.05, 0) is 27.6 Å². The molecule has 0 N–H and O–H groups in total. The summed E-state index contributed by atoms with van der Waals surface area (Å²) in [6.07, 6.45) is 0.300. The van der Waals surface area contributed by atoms with Crippen LogP contribution in [0.5, 0.6) is 0 Å². The molecule has 0 aliphatic heterocycles. The van der Waals surface area contributed by atoms with Gasteiger partial charge in [-0.15, -0.1) is 0 Å². The van der Waals surface area contributed by atoms with Gasteiger partial charge in [-0.2, -0.15) is 5.26 Å². The lowest BCUT2D eigenvalue weighted by atomic mass is 10.2. The van der Waals surface area contributed by atoms with Crippen molar-refractivity contribution < 1.29 is 0 Å². The molecule has 4 heteroatoms. The van der Waals surface area contributed by atoms with Gasteiger partial charge in [0.15, 0.2) is 0 Å². The molecule has 0 saturated carbocycles. The predicted molar refractivity (Wildman–Crippen MR) is 53.5 cm³/mol. The zero-order valence-corrected chi connectivity index (χ0v) is 9.04. The molecule has 62 valence electrons. The van der Waals surface area contributed by atoms with Crippen molar-refractivity contribution in [3.8, 4) is 6.07 Å². The van der Waals surface area contributed by atoms with Crippen LogP contribution in [0.25, 0.3) is 0 Å². The Balaban J connectivity index is 3.19. The van der Waals surface area contributed by atoms with Crippen LogP contribution in [0.4, 0.5) is 0 Å². The predicted octanol–water partition coefficient (Wildman–Crippen LogP) is 3.82. The lowest BCUT2D eigenvalue weighted by Gasteiger charge is -2.02. The van der Waals surface area contributed by atoms with Gasteiger partial charge in [-0.3, -0.25) is 0 Å². The molecule has 0 fully saturated rings. The fraction of sp³-hybridized carbons (Fsp3) is 0.125. The largest absolute Gasteiger partial charge is 0.198 e. The molecule has 0 atom stereocenters. The summed E-state index contributed by atoms with van der Waals surface area (Å²) >= 11 is 14.9. The van der Waals surface area contributed by atoms with Crippen LogP contribution in [0.1, 0.15) is 5.56 Å². The molecule has 0 amide bonds. The van der Waals surface area contributed by atoms with Gasteiger partial charge in [-0.1, -0.05) is 29.3 Å². The molecule has 0 aromatic heterocycles. The maximum atomic E-state index is 8.45. The van der Waals surface area contributed by atoms with E-state index in [9.17, 15) is 0 Å². The van der Waals surface area contributed by atoms with Gasteiger partial charge in [0.25, 0.3) is 0 Å². The van der Waals surface area contributed by atoms with Crippen molar-refractivity contribution in [2.75, 3.05) is 0 Å². The Morgan fingerprint density at radius 2 is 2.08 bits per heavy atom. The molecule has 1 nitrogen and oxygen atoms in total. The molecule has 0 saturated heterocycles. The van der Waals surface area contributed by atoms with Gasteiger partial charge in [0.1, 0.15) is 0 Å². The van der Waals surface area contributed by atoms with Crippen LogP contribution in [0, 0.1) is 11.3 Å². The highest BCUT2D eigenvalue weighted by atomic mass is 79.9. The minimum Gasteiger partial charge on any atom is -0.198 e. The zero-order valence-electron chi connectivity index (χ0n) is 5.94. The molecule has 0 aliphatic rings. The molecule has 12 heavy (non-hydrogen) atoms. The number of rotatable bonds is 1. The van der Waals surface area contributed by atoms with Gasteiger partial charge in [0, 0.05) is 0 Å². The normalized spacial score (nSPS) is 9.50. The van der Waals surface area contributed by atoms with Crippen LogP contribution >= 0.6 is 39.1 Å². The van der Waals surface area contributed by atoms with Gasteiger partial charge in [-0.25, -0.2) is 0 Å². The molecular formula is C8H4BrCl2N. The van der Waals surface area contributed by atoms with E-state index >= 15 is 0 Å². The second-order valence-corrected chi connectivity index (χ2v) is 3.75. The number of halogens is 3. The molecule has 0 spiro atoms. The van der Waals surface area contributed by atoms with Crippen LogP contribution in [-0.4, -0.2) is 0 Å². The van der Waals surface area contributed by atoms with Crippen LogP contribution in [0.2, 0.25) is 10.0 Å². The molecule has 0 bridgehead atoms. The lowest BCUT2D eigenvalue weighted by Crippen LogP contribution is -1.84. The summed E-state index contributed by atoms with van der Waals surface area (Å²) in [7, 11) is 0. The highest BCUT2D eigenvalue weighted by Gasteiger charge is 2.06. The fourth-order valence-electron chi connectivity index (χ4n) is 0.788. The van der Waals surface area contributed by atoms with Crippen LogP contribution < -0.4 is 0 Å². The maximum absolute atomic E-state index is 8.45. The summed E-state index contributed by atoms with van der Waals surface area (Å²) in [5.41, 5.74) is 0.787. The first-order valence-corrected chi connectivity index (χ1v) is 4.71. The molecule has 1 aromatic rings. The average molecular weight is 265 g/mol. The van der Waals surface area contributed by atoms with E-state index in [0.717, 1.165) is 5.56 Å². The summed E-state index contributed by atoms with van der Waals surface area (Å²) in [6.45, 7) is 0. The van der Waals surface area contributed by atoms with E-state index in [1.165, 1.54) is 0 Å². The van der Waals surface area contributed by atoms with Gasteiger partial charge in [0.2, 0.25) is 0 Å². The number of nitriles is 1. The summed E-state index contributed by atoms with van der Waals surface area (Å²) in [6, 6.07) is 5.48. The van der Waals surface area contributed by atoms with E-state index in [1.54, 1.807) is 12.1 Å². The van der Waals surface area contributed by atoms with Gasteiger partial charge < -0.3 is 0 Å². The number of hydrogen-bond donors (Lipinski definition) is 0. The zero-order chi connectivity index (χ0) is 9.14. The molecule has 1 aromatic carbocycles. The Labute approximate surface area is 89.0 Å². The van der Waals surface area contributed by atoms with Crippen LogP contribution in [0.15, 0.2) is 16.6 Å². The van der Waals surface area contributed by atoms with Crippen molar-refractivity contribution in [1.82, 2.24) is 0 Å². The lowest BCUT2D eigenvalue weighted by molar-refractivity contribution is 1.26. The average Bonchev–Trinajstić information content (AvgIpc) is 2.07. The third-order valence-electron chi connectivity index (χ3n) is 1.38. The van der Waals surface area contributed by atoms with Gasteiger partial charge in [0.05, 0.1) is 27.0 Å². The smallest absolute Gasteiger partial charge is 0.0670 e. The molecule has 0 aliphatic carbocycles. The second kappa shape index (κ2) is 4.13. The van der Waals surface area contributed by atoms with E-state index in [1.807, 2.05) is 6.07 Å². The van der Waals surface area contributed by atoms with Crippen LogP contribution in [0.3, 0.4) is 0 Å². The molecule has 0 radical (unpaired) electrons. The Hall–Kier alpha value is -0.230. The summed E-state index contributed by atoms with van der Waals surface area (Å²) < 4.78 is 0.651.